The molecule has 0 unspecified atom stereocenters. The quantitative estimate of drug-likeness (QED) is 0.559. The lowest BCUT2D eigenvalue weighted by molar-refractivity contribution is -0.257. The van der Waals surface area contributed by atoms with E-state index in [0.29, 0.717) is 44.9 Å². The summed E-state index contributed by atoms with van der Waals surface area (Å²) in [4.78, 5) is 38.3. The minimum atomic E-state index is -1.87. The van der Waals surface area contributed by atoms with Crippen LogP contribution in [0.1, 0.15) is 91.9 Å². The SMILES string of the molecule is CCCCC(=O)O[C@]1(C(=O)CO)[C@H](C)C[C@H]2[C@@H]3CC[C@H]4CC(=O)CC[C@]4(C)[C@@]3(F)[C@@H](O)C[C@@]21C. The Hall–Kier alpha value is -1.34. The Morgan fingerprint density at radius 2 is 1.88 bits per heavy atom. The molecule has 34 heavy (non-hydrogen) atoms. The lowest BCUT2D eigenvalue weighted by Gasteiger charge is -2.65. The minimum absolute atomic E-state index is 0.0158. The molecule has 0 amide bonds. The number of halogens is 1. The third-order valence-corrected chi connectivity index (χ3v) is 10.7. The average Bonchev–Trinajstić information content (AvgIpc) is 3.00. The first-order valence-electron chi connectivity index (χ1n) is 13.2. The van der Waals surface area contributed by atoms with Gasteiger partial charge in [-0.1, -0.05) is 34.1 Å². The number of unbranched alkanes of at least 4 members (excludes halogenated alkanes) is 1. The van der Waals surface area contributed by atoms with Gasteiger partial charge in [0.05, 0.1) is 6.10 Å². The number of carbonyl (C=O) groups excluding carboxylic acids is 3. The number of Topliss-reactive ketones (excluding diaryl/α,β-unsaturated/α-hetero) is 2. The first-order chi connectivity index (χ1) is 15.9. The number of esters is 1. The molecule has 0 heterocycles. The van der Waals surface area contributed by atoms with Crippen LogP contribution in [0.5, 0.6) is 0 Å². The van der Waals surface area contributed by atoms with Crippen molar-refractivity contribution >= 4 is 17.5 Å². The lowest BCUT2D eigenvalue weighted by atomic mass is 9.42. The van der Waals surface area contributed by atoms with Crippen LogP contribution in [0, 0.1) is 34.5 Å². The zero-order chi connectivity index (χ0) is 25.1. The van der Waals surface area contributed by atoms with Gasteiger partial charge in [-0.15, -0.1) is 0 Å². The number of hydrogen-bond donors (Lipinski definition) is 2. The predicted molar refractivity (Wildman–Crippen MR) is 123 cm³/mol. The molecule has 4 rings (SSSR count). The number of hydrogen-bond acceptors (Lipinski definition) is 6. The van der Waals surface area contributed by atoms with E-state index in [2.05, 4.69) is 0 Å². The van der Waals surface area contributed by atoms with Crippen molar-refractivity contribution < 1.29 is 33.7 Å². The molecule has 0 bridgehead atoms. The van der Waals surface area contributed by atoms with E-state index in [9.17, 15) is 24.6 Å². The normalized spacial score (nSPS) is 48.0. The Morgan fingerprint density at radius 1 is 1.18 bits per heavy atom. The fourth-order valence-corrected chi connectivity index (χ4v) is 8.91. The van der Waals surface area contributed by atoms with Crippen molar-refractivity contribution in [3.05, 3.63) is 0 Å². The molecule has 2 N–H and O–H groups in total. The number of rotatable bonds is 6. The van der Waals surface area contributed by atoms with Crippen LogP contribution in [-0.4, -0.2) is 51.7 Å². The van der Waals surface area contributed by atoms with Crippen molar-refractivity contribution in [1.82, 2.24) is 0 Å². The molecule has 0 saturated heterocycles. The van der Waals surface area contributed by atoms with Gasteiger partial charge in [0.15, 0.2) is 5.60 Å². The van der Waals surface area contributed by atoms with E-state index >= 15 is 4.39 Å². The highest BCUT2D eigenvalue weighted by molar-refractivity contribution is 5.92. The fourth-order valence-electron chi connectivity index (χ4n) is 8.91. The molecule has 0 aromatic rings. The van der Waals surface area contributed by atoms with Crippen molar-refractivity contribution in [1.29, 1.82) is 0 Å². The van der Waals surface area contributed by atoms with Crippen LogP contribution in [0.3, 0.4) is 0 Å². The molecular formula is C27H41FO6. The Morgan fingerprint density at radius 3 is 2.53 bits per heavy atom. The highest BCUT2D eigenvalue weighted by atomic mass is 19.1. The molecule has 4 saturated carbocycles. The van der Waals surface area contributed by atoms with Gasteiger partial charge in [-0.3, -0.25) is 14.4 Å². The standard InChI is InChI=1S/C27H41FO6/c1-5-6-7-23(33)34-27(22(32)15-29)16(2)12-20-19-9-8-17-13-18(30)10-11-24(17,3)26(19,28)21(31)14-25(20,27)4/h16-17,19-21,29,31H,5-15H2,1-4H3/t16-,17+,19+,20+,21+,24+,25+,26+,27+/m1/s1. The maximum absolute atomic E-state index is 17.4. The van der Waals surface area contributed by atoms with Gasteiger partial charge in [-0.25, -0.2) is 4.39 Å². The molecule has 192 valence electrons. The highest BCUT2D eigenvalue weighted by Crippen LogP contribution is 2.72. The number of ether oxygens (including phenoxy) is 1. The van der Waals surface area contributed by atoms with E-state index < -0.39 is 58.4 Å². The van der Waals surface area contributed by atoms with Crippen LogP contribution >= 0.6 is 0 Å². The van der Waals surface area contributed by atoms with Gasteiger partial charge in [0.25, 0.3) is 0 Å². The highest BCUT2D eigenvalue weighted by Gasteiger charge is 2.77. The second-order valence-electron chi connectivity index (χ2n) is 12.1. The molecule has 0 aliphatic heterocycles. The first-order valence-corrected chi connectivity index (χ1v) is 13.2. The van der Waals surface area contributed by atoms with E-state index in [4.69, 9.17) is 4.74 Å². The number of fused-ring (bicyclic) bond motifs is 5. The van der Waals surface area contributed by atoms with Crippen molar-refractivity contribution in [2.45, 2.75) is 109 Å². The summed E-state index contributed by atoms with van der Waals surface area (Å²) < 4.78 is 23.4. The van der Waals surface area contributed by atoms with Crippen molar-refractivity contribution in [3.8, 4) is 0 Å². The van der Waals surface area contributed by atoms with Crippen LogP contribution in [0.2, 0.25) is 0 Å². The number of carbonyl (C=O) groups is 3. The van der Waals surface area contributed by atoms with Gasteiger partial charge in [0.2, 0.25) is 5.78 Å². The van der Waals surface area contributed by atoms with Crippen LogP contribution < -0.4 is 0 Å². The molecule has 6 nitrogen and oxygen atoms in total. The van der Waals surface area contributed by atoms with Gasteiger partial charge in [-0.05, 0) is 56.3 Å². The number of aliphatic hydroxyl groups is 2. The van der Waals surface area contributed by atoms with Gasteiger partial charge < -0.3 is 14.9 Å². The Kier molecular flexibility index (Phi) is 6.55. The van der Waals surface area contributed by atoms with Crippen LogP contribution in [0.4, 0.5) is 4.39 Å². The monoisotopic (exact) mass is 480 g/mol. The van der Waals surface area contributed by atoms with E-state index in [1.165, 1.54) is 0 Å². The number of ketones is 2. The van der Waals surface area contributed by atoms with Crippen LogP contribution in [-0.2, 0) is 19.1 Å². The van der Waals surface area contributed by atoms with Crippen LogP contribution in [0.25, 0.3) is 0 Å². The maximum atomic E-state index is 17.4. The topological polar surface area (TPSA) is 101 Å². The first kappa shape index (κ1) is 25.7. The summed E-state index contributed by atoms with van der Waals surface area (Å²) in [6, 6.07) is 0. The summed E-state index contributed by atoms with van der Waals surface area (Å²) in [7, 11) is 0. The summed E-state index contributed by atoms with van der Waals surface area (Å²) in [6.07, 6.45) is 3.11. The van der Waals surface area contributed by atoms with Gasteiger partial charge >= 0.3 is 5.97 Å². The molecule has 0 spiro atoms. The maximum Gasteiger partial charge on any atom is 0.306 e. The zero-order valence-corrected chi connectivity index (χ0v) is 21.1. The fraction of sp³-hybridized carbons (Fsp3) is 0.889. The Balaban J connectivity index is 1.77. The number of aliphatic hydroxyl groups excluding tert-OH is 2. The average molecular weight is 481 g/mol. The summed E-state index contributed by atoms with van der Waals surface area (Å²) in [5.74, 6) is -2.14. The van der Waals surface area contributed by atoms with E-state index in [1.807, 2.05) is 27.7 Å². The molecule has 9 atom stereocenters. The van der Waals surface area contributed by atoms with Gasteiger partial charge in [-0.2, -0.15) is 0 Å². The van der Waals surface area contributed by atoms with Crippen molar-refractivity contribution in [2.75, 3.05) is 6.61 Å². The summed E-state index contributed by atoms with van der Waals surface area (Å²) in [5, 5.41) is 21.5. The molecule has 4 aliphatic carbocycles. The van der Waals surface area contributed by atoms with Crippen molar-refractivity contribution in [3.63, 3.8) is 0 Å². The molecule has 0 aromatic carbocycles. The lowest BCUT2D eigenvalue weighted by Crippen LogP contribution is -2.71. The van der Waals surface area contributed by atoms with Crippen molar-refractivity contribution in [2.24, 2.45) is 34.5 Å². The Labute approximate surface area is 202 Å². The zero-order valence-electron chi connectivity index (χ0n) is 21.1. The molecule has 0 aromatic heterocycles. The van der Waals surface area contributed by atoms with E-state index in [-0.39, 0.29) is 30.5 Å². The Bertz CT molecular complexity index is 860. The second kappa shape index (κ2) is 8.65. The molecular weight excluding hydrogens is 439 g/mol. The minimum Gasteiger partial charge on any atom is -0.450 e. The third-order valence-electron chi connectivity index (χ3n) is 10.7. The van der Waals surface area contributed by atoms with E-state index in [1.54, 1.807) is 0 Å². The smallest absolute Gasteiger partial charge is 0.306 e. The third kappa shape index (κ3) is 3.21. The molecule has 4 fully saturated rings. The van der Waals surface area contributed by atoms with Crippen LogP contribution in [0.15, 0.2) is 0 Å². The summed E-state index contributed by atoms with van der Waals surface area (Å²) in [6.45, 7) is 6.80. The predicted octanol–water partition coefficient (Wildman–Crippen LogP) is 3.94. The summed E-state index contributed by atoms with van der Waals surface area (Å²) in [5.41, 5.74) is -5.25. The molecule has 4 aliphatic rings. The molecule has 7 heteroatoms. The summed E-state index contributed by atoms with van der Waals surface area (Å²) >= 11 is 0. The van der Waals surface area contributed by atoms with Gasteiger partial charge in [0.1, 0.15) is 18.1 Å². The van der Waals surface area contributed by atoms with E-state index in [0.717, 1.165) is 6.42 Å². The van der Waals surface area contributed by atoms with Gasteiger partial charge in [0, 0.05) is 36.0 Å². The second-order valence-corrected chi connectivity index (χ2v) is 12.1. The number of alkyl halides is 1. The molecule has 0 radical (unpaired) electrons. The largest absolute Gasteiger partial charge is 0.450 e.